The number of nitrogens with zero attached hydrogens (tertiary/aromatic N) is 2. The third-order valence-electron chi connectivity index (χ3n) is 2.65. The van der Waals surface area contributed by atoms with E-state index in [0.717, 1.165) is 5.69 Å². The molecule has 0 atom stereocenters. The zero-order chi connectivity index (χ0) is 13.7. The fourth-order valence-electron chi connectivity index (χ4n) is 1.65. The molecule has 19 heavy (non-hydrogen) atoms. The second kappa shape index (κ2) is 5.86. The quantitative estimate of drug-likeness (QED) is 0.396. The molecule has 0 saturated carbocycles. The highest BCUT2D eigenvalue weighted by molar-refractivity contribution is 5.75. The molecule has 0 amide bonds. The van der Waals surface area contributed by atoms with Crippen molar-refractivity contribution in [3.8, 4) is 17.2 Å². The molecule has 0 fully saturated rings. The van der Waals surface area contributed by atoms with E-state index in [1.54, 1.807) is 13.2 Å². The molecule has 0 unspecified atom stereocenters. The first-order valence-corrected chi connectivity index (χ1v) is 5.72. The summed E-state index contributed by atoms with van der Waals surface area (Å²) in [5.41, 5.74) is 0.717. The Morgan fingerprint density at radius 2 is 1.95 bits per heavy atom. The number of rotatable bonds is 4. The molecule has 0 radical (unpaired) electrons. The van der Waals surface area contributed by atoms with E-state index in [-0.39, 0.29) is 0 Å². The summed E-state index contributed by atoms with van der Waals surface area (Å²) in [5.74, 6) is 1.93. The van der Waals surface area contributed by atoms with E-state index in [2.05, 4.69) is 5.16 Å². The van der Waals surface area contributed by atoms with Crippen LogP contribution < -0.4 is 14.0 Å². The highest BCUT2D eigenvalue weighted by atomic mass is 16.5. The fourth-order valence-corrected chi connectivity index (χ4v) is 1.65. The lowest BCUT2D eigenvalue weighted by molar-refractivity contribution is -0.672. The van der Waals surface area contributed by atoms with Gasteiger partial charge >= 0.3 is 0 Å². The van der Waals surface area contributed by atoms with E-state index in [1.807, 2.05) is 48.1 Å². The van der Waals surface area contributed by atoms with Crippen molar-refractivity contribution >= 4 is 6.21 Å². The van der Waals surface area contributed by atoms with Crippen LogP contribution in [0, 0.1) is 0 Å². The number of para-hydroxylation sites is 2. The normalized spacial score (nSPS) is 10.6. The van der Waals surface area contributed by atoms with Crippen LogP contribution in [-0.4, -0.2) is 18.5 Å². The molecular formula is C14H15N2O3+. The second-order valence-electron chi connectivity index (χ2n) is 3.90. The van der Waals surface area contributed by atoms with Crippen LogP contribution in [0.15, 0.2) is 47.8 Å². The molecular weight excluding hydrogens is 244 g/mol. The first-order valence-electron chi connectivity index (χ1n) is 5.72. The van der Waals surface area contributed by atoms with Crippen molar-refractivity contribution in [3.63, 3.8) is 0 Å². The number of aromatic nitrogens is 1. The van der Waals surface area contributed by atoms with Crippen molar-refractivity contribution in [1.82, 2.24) is 0 Å². The molecule has 1 aromatic carbocycles. The first kappa shape index (κ1) is 12.9. The van der Waals surface area contributed by atoms with Crippen LogP contribution in [0.2, 0.25) is 0 Å². The van der Waals surface area contributed by atoms with Crippen LogP contribution in [0.5, 0.6) is 17.2 Å². The van der Waals surface area contributed by atoms with Crippen LogP contribution in [0.3, 0.4) is 0 Å². The Balaban J connectivity index is 2.30. The maximum absolute atomic E-state index is 8.60. The maximum atomic E-state index is 8.60. The standard InChI is InChI=1S/C14H14N2O3/c1-16-8-7-12(9-11(16)10-15-17)19-14-6-4-3-5-13(14)18-2/h3-10H,1-2H3/p+1. The maximum Gasteiger partial charge on any atom is 0.230 e. The summed E-state index contributed by atoms with van der Waals surface area (Å²) in [6.07, 6.45) is 3.16. The molecule has 1 N–H and O–H groups in total. The Kier molecular flexibility index (Phi) is 3.97. The zero-order valence-corrected chi connectivity index (χ0v) is 10.8. The minimum absolute atomic E-state index is 0.630. The van der Waals surface area contributed by atoms with Crippen LogP contribution >= 0.6 is 0 Å². The molecule has 1 heterocycles. The van der Waals surface area contributed by atoms with Gasteiger partial charge in [-0.15, -0.1) is 0 Å². The molecule has 5 heteroatoms. The van der Waals surface area contributed by atoms with Gasteiger partial charge in [-0.3, -0.25) is 0 Å². The predicted octanol–water partition coefficient (Wildman–Crippen LogP) is 2.12. The largest absolute Gasteiger partial charge is 0.493 e. The average molecular weight is 259 g/mol. The van der Waals surface area contributed by atoms with Crippen LogP contribution in [0.1, 0.15) is 5.69 Å². The van der Waals surface area contributed by atoms with E-state index in [9.17, 15) is 0 Å². The van der Waals surface area contributed by atoms with Crippen molar-refractivity contribution in [2.24, 2.45) is 12.2 Å². The van der Waals surface area contributed by atoms with Crippen LogP contribution in [0.4, 0.5) is 0 Å². The lowest BCUT2D eigenvalue weighted by atomic mass is 10.3. The lowest BCUT2D eigenvalue weighted by Crippen LogP contribution is -2.32. The van der Waals surface area contributed by atoms with Crippen LogP contribution in [-0.2, 0) is 7.05 Å². The number of pyridine rings is 1. The SMILES string of the molecule is COc1ccccc1Oc1cc[n+](C)c(/C=N/O)c1. The molecule has 0 spiro atoms. The molecule has 5 nitrogen and oxygen atoms in total. The van der Waals surface area contributed by atoms with E-state index in [0.29, 0.717) is 17.2 Å². The van der Waals surface area contributed by atoms with Gasteiger partial charge in [-0.05, 0) is 12.1 Å². The number of benzene rings is 1. The molecule has 0 bridgehead atoms. The van der Waals surface area contributed by atoms with Gasteiger partial charge in [0.05, 0.1) is 13.2 Å². The number of hydrogen-bond donors (Lipinski definition) is 1. The molecule has 2 rings (SSSR count). The molecule has 0 aliphatic carbocycles. The highest BCUT2D eigenvalue weighted by Crippen LogP contribution is 2.30. The third-order valence-corrected chi connectivity index (χ3v) is 2.65. The zero-order valence-electron chi connectivity index (χ0n) is 10.8. The van der Waals surface area contributed by atoms with Gasteiger partial charge < -0.3 is 14.7 Å². The highest BCUT2D eigenvalue weighted by Gasteiger charge is 2.09. The van der Waals surface area contributed by atoms with E-state index in [4.69, 9.17) is 14.7 Å². The molecule has 0 aliphatic heterocycles. The number of ether oxygens (including phenoxy) is 2. The Hall–Kier alpha value is -2.56. The lowest BCUT2D eigenvalue weighted by Gasteiger charge is -2.09. The predicted molar refractivity (Wildman–Crippen MR) is 70.1 cm³/mol. The average Bonchev–Trinajstić information content (AvgIpc) is 2.43. The molecule has 1 aromatic heterocycles. The number of aryl methyl sites for hydroxylation is 1. The number of oxime groups is 1. The molecule has 0 saturated heterocycles. The van der Waals surface area contributed by atoms with Gasteiger partial charge in [-0.1, -0.05) is 17.3 Å². The minimum Gasteiger partial charge on any atom is -0.493 e. The Morgan fingerprint density at radius 3 is 2.63 bits per heavy atom. The number of methoxy groups -OCH3 is 1. The summed E-state index contributed by atoms with van der Waals surface area (Å²) in [5, 5.41) is 11.6. The van der Waals surface area contributed by atoms with Crippen molar-refractivity contribution < 1.29 is 19.2 Å². The Labute approximate surface area is 111 Å². The van der Waals surface area contributed by atoms with E-state index in [1.165, 1.54) is 6.21 Å². The van der Waals surface area contributed by atoms with E-state index >= 15 is 0 Å². The fraction of sp³-hybridized carbons (Fsp3) is 0.143. The Bertz CT molecular complexity index is 597. The third kappa shape index (κ3) is 3.01. The van der Waals surface area contributed by atoms with Gasteiger partial charge in [-0.25, -0.2) is 0 Å². The molecule has 98 valence electrons. The monoisotopic (exact) mass is 259 g/mol. The minimum atomic E-state index is 0.630. The van der Waals surface area contributed by atoms with Gasteiger partial charge in [0.1, 0.15) is 19.0 Å². The second-order valence-corrected chi connectivity index (χ2v) is 3.90. The van der Waals surface area contributed by atoms with Crippen molar-refractivity contribution in [2.45, 2.75) is 0 Å². The van der Waals surface area contributed by atoms with Gasteiger partial charge in [0, 0.05) is 6.07 Å². The first-order chi connectivity index (χ1) is 9.24. The summed E-state index contributed by atoms with van der Waals surface area (Å²) in [6, 6.07) is 11.0. The van der Waals surface area contributed by atoms with Crippen LogP contribution in [0.25, 0.3) is 0 Å². The summed E-state index contributed by atoms with van der Waals surface area (Å²) in [7, 11) is 3.45. The smallest absolute Gasteiger partial charge is 0.230 e. The number of hydrogen-bond acceptors (Lipinski definition) is 4. The van der Waals surface area contributed by atoms with Gasteiger partial charge in [0.25, 0.3) is 0 Å². The van der Waals surface area contributed by atoms with Crippen molar-refractivity contribution in [1.29, 1.82) is 0 Å². The topological polar surface area (TPSA) is 54.9 Å². The summed E-state index contributed by atoms with van der Waals surface area (Å²) < 4.78 is 12.8. The van der Waals surface area contributed by atoms with E-state index < -0.39 is 0 Å². The summed E-state index contributed by atoms with van der Waals surface area (Å²) in [4.78, 5) is 0. The molecule has 0 aliphatic rings. The Morgan fingerprint density at radius 1 is 1.21 bits per heavy atom. The summed E-state index contributed by atoms with van der Waals surface area (Å²) in [6.45, 7) is 0. The summed E-state index contributed by atoms with van der Waals surface area (Å²) >= 11 is 0. The van der Waals surface area contributed by atoms with Gasteiger partial charge in [-0.2, -0.15) is 4.57 Å². The van der Waals surface area contributed by atoms with Crippen molar-refractivity contribution in [2.75, 3.05) is 7.11 Å². The van der Waals surface area contributed by atoms with Crippen molar-refractivity contribution in [3.05, 3.63) is 48.3 Å². The van der Waals surface area contributed by atoms with Gasteiger partial charge in [0.2, 0.25) is 5.69 Å². The van der Waals surface area contributed by atoms with Gasteiger partial charge in [0.15, 0.2) is 17.7 Å². The molecule has 2 aromatic rings.